The summed E-state index contributed by atoms with van der Waals surface area (Å²) in [6.45, 7) is 4.22. The summed E-state index contributed by atoms with van der Waals surface area (Å²) in [5.74, 6) is 0.533. The first-order valence-corrected chi connectivity index (χ1v) is 7.69. The highest BCUT2D eigenvalue weighted by atomic mass is 16.5. The van der Waals surface area contributed by atoms with Crippen LogP contribution < -0.4 is 5.32 Å². The molecule has 0 spiro atoms. The monoisotopic (exact) mass is 260 g/mol. The predicted molar refractivity (Wildman–Crippen MR) is 76.4 cm³/mol. The minimum absolute atomic E-state index is 0.379. The van der Waals surface area contributed by atoms with Gasteiger partial charge in [-0.1, -0.05) is 13.0 Å². The summed E-state index contributed by atoms with van der Waals surface area (Å²) < 4.78 is 5.95. The normalized spacial score (nSPS) is 27.4. The molecule has 1 fully saturated rings. The van der Waals surface area contributed by atoms with E-state index in [1.165, 1.54) is 43.4 Å². The van der Waals surface area contributed by atoms with Crippen LogP contribution in [0.3, 0.4) is 0 Å². The van der Waals surface area contributed by atoms with Gasteiger partial charge in [-0.2, -0.15) is 0 Å². The van der Waals surface area contributed by atoms with Crippen LogP contribution >= 0.6 is 0 Å². The fourth-order valence-electron chi connectivity index (χ4n) is 3.52. The van der Waals surface area contributed by atoms with Crippen LogP contribution in [-0.4, -0.2) is 30.3 Å². The number of pyridine rings is 1. The van der Waals surface area contributed by atoms with E-state index in [0.29, 0.717) is 18.1 Å². The van der Waals surface area contributed by atoms with E-state index >= 15 is 0 Å². The highest BCUT2D eigenvalue weighted by Gasteiger charge is 2.37. The number of fused-ring (bicyclic) bond motifs is 1. The highest BCUT2D eigenvalue weighted by molar-refractivity contribution is 5.30. The van der Waals surface area contributed by atoms with Crippen molar-refractivity contribution in [1.29, 1.82) is 0 Å². The van der Waals surface area contributed by atoms with Crippen molar-refractivity contribution in [1.82, 2.24) is 10.3 Å². The molecule has 1 aliphatic heterocycles. The highest BCUT2D eigenvalue weighted by Crippen LogP contribution is 2.37. The summed E-state index contributed by atoms with van der Waals surface area (Å²) in [6.07, 6.45) is 8.27. The Morgan fingerprint density at radius 3 is 3.21 bits per heavy atom. The van der Waals surface area contributed by atoms with Crippen LogP contribution in [0.2, 0.25) is 0 Å². The van der Waals surface area contributed by atoms with Gasteiger partial charge in [0.2, 0.25) is 0 Å². The molecule has 3 rings (SSSR count). The van der Waals surface area contributed by atoms with Crippen LogP contribution in [0.5, 0.6) is 0 Å². The third-order valence-corrected chi connectivity index (χ3v) is 4.43. The van der Waals surface area contributed by atoms with Crippen molar-refractivity contribution in [2.24, 2.45) is 0 Å². The Hall–Kier alpha value is -0.930. The van der Waals surface area contributed by atoms with E-state index in [4.69, 9.17) is 4.74 Å². The standard InChI is InChI=1S/C16H24N2O/c1-2-9-17-16(14-6-4-11-19-14)13-8-7-12-5-3-10-18-15(12)13/h3,5,10,13-14,16-17H,2,4,6-9,11H2,1H3. The van der Waals surface area contributed by atoms with Gasteiger partial charge >= 0.3 is 0 Å². The van der Waals surface area contributed by atoms with E-state index in [1.54, 1.807) is 0 Å². The molecule has 3 nitrogen and oxygen atoms in total. The van der Waals surface area contributed by atoms with Crippen molar-refractivity contribution in [2.75, 3.05) is 13.2 Å². The molecular weight excluding hydrogens is 236 g/mol. The molecule has 1 saturated heterocycles. The summed E-state index contributed by atoms with van der Waals surface area (Å²) >= 11 is 0. The largest absolute Gasteiger partial charge is 0.377 e. The maximum absolute atomic E-state index is 5.95. The van der Waals surface area contributed by atoms with Crippen LogP contribution in [0.25, 0.3) is 0 Å². The molecule has 2 heterocycles. The second kappa shape index (κ2) is 6.02. The van der Waals surface area contributed by atoms with Gasteiger partial charge in [0, 0.05) is 30.5 Å². The van der Waals surface area contributed by atoms with Gasteiger partial charge in [0.15, 0.2) is 0 Å². The smallest absolute Gasteiger partial charge is 0.0735 e. The molecule has 3 atom stereocenters. The molecule has 1 aromatic rings. The Bertz CT molecular complexity index is 415. The molecule has 0 saturated carbocycles. The van der Waals surface area contributed by atoms with Crippen molar-refractivity contribution in [2.45, 2.75) is 57.1 Å². The Morgan fingerprint density at radius 1 is 1.47 bits per heavy atom. The van der Waals surface area contributed by atoms with Gasteiger partial charge in [-0.25, -0.2) is 0 Å². The SMILES string of the molecule is CCCNC(C1CCCO1)C1CCc2cccnc21. The maximum atomic E-state index is 5.95. The van der Waals surface area contributed by atoms with E-state index in [1.807, 2.05) is 6.20 Å². The van der Waals surface area contributed by atoms with Gasteiger partial charge in [0.05, 0.1) is 6.10 Å². The number of ether oxygens (including phenoxy) is 1. The number of nitrogens with zero attached hydrogens (tertiary/aromatic N) is 1. The van der Waals surface area contributed by atoms with Crippen molar-refractivity contribution in [3.63, 3.8) is 0 Å². The van der Waals surface area contributed by atoms with Crippen molar-refractivity contribution >= 4 is 0 Å². The van der Waals surface area contributed by atoms with Crippen LogP contribution in [0.1, 0.15) is 49.8 Å². The van der Waals surface area contributed by atoms with Crippen LogP contribution in [0.4, 0.5) is 0 Å². The summed E-state index contributed by atoms with van der Waals surface area (Å²) in [5, 5.41) is 3.73. The van der Waals surface area contributed by atoms with E-state index in [-0.39, 0.29) is 0 Å². The molecule has 1 N–H and O–H groups in total. The van der Waals surface area contributed by atoms with Gasteiger partial charge in [0.25, 0.3) is 0 Å². The lowest BCUT2D eigenvalue weighted by molar-refractivity contribution is 0.0688. The Kier molecular flexibility index (Phi) is 4.14. The van der Waals surface area contributed by atoms with Gasteiger partial charge in [0.1, 0.15) is 0 Å². The number of hydrogen-bond donors (Lipinski definition) is 1. The third kappa shape index (κ3) is 2.67. The number of aryl methyl sites for hydroxylation is 1. The van der Waals surface area contributed by atoms with Gasteiger partial charge < -0.3 is 10.1 Å². The van der Waals surface area contributed by atoms with Crippen LogP contribution in [0, 0.1) is 0 Å². The quantitative estimate of drug-likeness (QED) is 0.884. The Labute approximate surface area is 115 Å². The molecule has 3 unspecified atom stereocenters. The lowest BCUT2D eigenvalue weighted by Gasteiger charge is -2.29. The first-order chi connectivity index (χ1) is 9.40. The molecule has 104 valence electrons. The lowest BCUT2D eigenvalue weighted by atomic mass is 9.91. The van der Waals surface area contributed by atoms with Gasteiger partial charge in [-0.3, -0.25) is 4.98 Å². The predicted octanol–water partition coefficient (Wildman–Crippen LogP) is 2.66. The van der Waals surface area contributed by atoms with Crippen molar-refractivity contribution in [3.8, 4) is 0 Å². The topological polar surface area (TPSA) is 34.1 Å². The fourth-order valence-corrected chi connectivity index (χ4v) is 3.52. The Balaban J connectivity index is 1.79. The lowest BCUT2D eigenvalue weighted by Crippen LogP contribution is -2.44. The Morgan fingerprint density at radius 2 is 2.42 bits per heavy atom. The van der Waals surface area contributed by atoms with E-state index in [2.05, 4.69) is 29.4 Å². The van der Waals surface area contributed by atoms with Crippen LogP contribution in [0.15, 0.2) is 18.3 Å². The van der Waals surface area contributed by atoms with Crippen LogP contribution in [-0.2, 0) is 11.2 Å². The average Bonchev–Trinajstić information content (AvgIpc) is 3.09. The molecule has 3 heteroatoms. The van der Waals surface area contributed by atoms with Gasteiger partial charge in [-0.05, 0) is 50.3 Å². The zero-order chi connectivity index (χ0) is 13.1. The number of nitrogens with one attached hydrogen (secondary N) is 1. The first kappa shape index (κ1) is 13.1. The summed E-state index contributed by atoms with van der Waals surface area (Å²) in [5.41, 5.74) is 2.75. The molecule has 0 amide bonds. The van der Waals surface area contributed by atoms with E-state index in [0.717, 1.165) is 13.2 Å². The second-order valence-electron chi connectivity index (χ2n) is 5.72. The second-order valence-corrected chi connectivity index (χ2v) is 5.72. The summed E-state index contributed by atoms with van der Waals surface area (Å²) in [6, 6.07) is 4.73. The number of aromatic nitrogens is 1. The molecule has 0 bridgehead atoms. The first-order valence-electron chi connectivity index (χ1n) is 7.69. The molecule has 0 radical (unpaired) electrons. The van der Waals surface area contributed by atoms with E-state index < -0.39 is 0 Å². The van der Waals surface area contributed by atoms with Crippen molar-refractivity contribution < 1.29 is 4.74 Å². The number of hydrogen-bond acceptors (Lipinski definition) is 3. The molecule has 0 aromatic carbocycles. The van der Waals surface area contributed by atoms with E-state index in [9.17, 15) is 0 Å². The molecular formula is C16H24N2O. The zero-order valence-corrected chi connectivity index (χ0v) is 11.8. The van der Waals surface area contributed by atoms with Crippen molar-refractivity contribution in [3.05, 3.63) is 29.6 Å². The maximum Gasteiger partial charge on any atom is 0.0735 e. The fraction of sp³-hybridized carbons (Fsp3) is 0.688. The summed E-state index contributed by atoms with van der Waals surface area (Å²) in [7, 11) is 0. The minimum atomic E-state index is 0.379. The molecule has 2 aliphatic rings. The average molecular weight is 260 g/mol. The minimum Gasteiger partial charge on any atom is -0.377 e. The van der Waals surface area contributed by atoms with Gasteiger partial charge in [-0.15, -0.1) is 0 Å². The molecule has 1 aromatic heterocycles. The third-order valence-electron chi connectivity index (χ3n) is 4.43. The zero-order valence-electron chi connectivity index (χ0n) is 11.8. The summed E-state index contributed by atoms with van der Waals surface area (Å²) in [4.78, 5) is 4.65. The number of rotatable bonds is 5. The molecule has 19 heavy (non-hydrogen) atoms. The molecule has 1 aliphatic carbocycles.